The van der Waals surface area contributed by atoms with E-state index < -0.39 is 23.7 Å². The maximum absolute atomic E-state index is 12.9. The van der Waals surface area contributed by atoms with E-state index in [9.17, 15) is 14.0 Å². The average Bonchev–Trinajstić information content (AvgIpc) is 2.82. The Morgan fingerprint density at radius 2 is 2.21 bits per heavy atom. The summed E-state index contributed by atoms with van der Waals surface area (Å²) < 4.78 is 12.9. The topological polar surface area (TPSA) is 69.6 Å². The summed E-state index contributed by atoms with van der Waals surface area (Å²) in [6, 6.07) is 3.21. The van der Waals surface area contributed by atoms with Crippen LogP contribution in [-0.4, -0.2) is 35.1 Å². The number of amides is 2. The Balaban J connectivity index is 2.00. The summed E-state index contributed by atoms with van der Waals surface area (Å²) in [5.41, 5.74) is 0.298. The van der Waals surface area contributed by atoms with Crippen LogP contribution >= 0.6 is 11.6 Å². The molecular formula is C12H12ClFN2O3. The SMILES string of the molecule is O=C(O)C1CCN(C(=O)Nc2ccc(F)cc2Cl)C1. The van der Waals surface area contributed by atoms with Crippen LogP contribution < -0.4 is 5.32 Å². The number of halogens is 2. The van der Waals surface area contributed by atoms with Crippen molar-refractivity contribution in [3.63, 3.8) is 0 Å². The number of likely N-dealkylation sites (tertiary alicyclic amines) is 1. The van der Waals surface area contributed by atoms with Gasteiger partial charge in [0.25, 0.3) is 0 Å². The van der Waals surface area contributed by atoms with Gasteiger partial charge in [0.05, 0.1) is 16.6 Å². The van der Waals surface area contributed by atoms with Crippen LogP contribution in [0, 0.1) is 11.7 Å². The predicted octanol–water partition coefficient (Wildman–Crippen LogP) is 2.42. The van der Waals surface area contributed by atoms with Gasteiger partial charge < -0.3 is 15.3 Å². The number of carbonyl (C=O) groups excluding carboxylic acids is 1. The highest BCUT2D eigenvalue weighted by Crippen LogP contribution is 2.24. The molecule has 0 aromatic heterocycles. The number of nitrogens with one attached hydrogen (secondary N) is 1. The van der Waals surface area contributed by atoms with Crippen molar-refractivity contribution in [2.24, 2.45) is 5.92 Å². The molecule has 1 aromatic carbocycles. The van der Waals surface area contributed by atoms with Gasteiger partial charge in [0, 0.05) is 13.1 Å². The highest BCUT2D eigenvalue weighted by atomic mass is 35.5. The summed E-state index contributed by atoms with van der Waals surface area (Å²) in [5, 5.41) is 11.5. The number of urea groups is 1. The number of carboxylic acids is 1. The highest BCUT2D eigenvalue weighted by Gasteiger charge is 2.30. The zero-order chi connectivity index (χ0) is 14.0. The maximum atomic E-state index is 12.9. The first-order valence-electron chi connectivity index (χ1n) is 5.71. The minimum Gasteiger partial charge on any atom is -0.481 e. The zero-order valence-electron chi connectivity index (χ0n) is 9.90. The molecule has 1 unspecified atom stereocenters. The van der Waals surface area contributed by atoms with Crippen LogP contribution in [0.1, 0.15) is 6.42 Å². The van der Waals surface area contributed by atoms with Crippen molar-refractivity contribution in [2.75, 3.05) is 18.4 Å². The van der Waals surface area contributed by atoms with Crippen LogP contribution in [0.3, 0.4) is 0 Å². The Bertz CT molecular complexity index is 524. The molecule has 0 bridgehead atoms. The van der Waals surface area contributed by atoms with E-state index in [4.69, 9.17) is 16.7 Å². The summed E-state index contributed by atoms with van der Waals surface area (Å²) in [4.78, 5) is 24.1. The molecular weight excluding hydrogens is 275 g/mol. The van der Waals surface area contributed by atoms with E-state index in [1.54, 1.807) is 0 Å². The normalized spacial score (nSPS) is 18.4. The van der Waals surface area contributed by atoms with Crippen LogP contribution in [0.25, 0.3) is 0 Å². The third-order valence-corrected chi connectivity index (χ3v) is 3.31. The number of rotatable bonds is 2. The van der Waals surface area contributed by atoms with Gasteiger partial charge in [-0.25, -0.2) is 9.18 Å². The quantitative estimate of drug-likeness (QED) is 0.877. The third-order valence-electron chi connectivity index (χ3n) is 3.00. The maximum Gasteiger partial charge on any atom is 0.321 e. The van der Waals surface area contributed by atoms with Crippen molar-refractivity contribution in [2.45, 2.75) is 6.42 Å². The van der Waals surface area contributed by atoms with Crippen LogP contribution in [0.4, 0.5) is 14.9 Å². The molecule has 0 radical (unpaired) electrons. The van der Waals surface area contributed by atoms with Gasteiger partial charge in [-0.15, -0.1) is 0 Å². The molecule has 5 nitrogen and oxygen atoms in total. The van der Waals surface area contributed by atoms with Crippen molar-refractivity contribution in [3.8, 4) is 0 Å². The Labute approximate surface area is 114 Å². The molecule has 1 saturated heterocycles. The van der Waals surface area contributed by atoms with Gasteiger partial charge in [0.15, 0.2) is 0 Å². The lowest BCUT2D eigenvalue weighted by molar-refractivity contribution is -0.141. The summed E-state index contributed by atoms with van der Waals surface area (Å²) in [7, 11) is 0. The summed E-state index contributed by atoms with van der Waals surface area (Å²) in [6.07, 6.45) is 0.430. The van der Waals surface area contributed by atoms with Crippen LogP contribution in [0.5, 0.6) is 0 Å². The van der Waals surface area contributed by atoms with Gasteiger partial charge in [-0.05, 0) is 24.6 Å². The van der Waals surface area contributed by atoms with E-state index >= 15 is 0 Å². The van der Waals surface area contributed by atoms with E-state index in [1.165, 1.54) is 17.0 Å². The van der Waals surface area contributed by atoms with Gasteiger partial charge >= 0.3 is 12.0 Å². The van der Waals surface area contributed by atoms with Crippen molar-refractivity contribution in [1.82, 2.24) is 4.90 Å². The Hall–Kier alpha value is -1.82. The number of carbonyl (C=O) groups is 2. The first-order valence-corrected chi connectivity index (χ1v) is 6.09. The van der Waals surface area contributed by atoms with Gasteiger partial charge in [0.1, 0.15) is 5.82 Å². The van der Waals surface area contributed by atoms with E-state index in [0.717, 1.165) is 6.07 Å². The molecule has 1 heterocycles. The van der Waals surface area contributed by atoms with Gasteiger partial charge in [-0.3, -0.25) is 4.79 Å². The Kier molecular flexibility index (Phi) is 3.90. The largest absolute Gasteiger partial charge is 0.481 e. The van der Waals surface area contributed by atoms with Gasteiger partial charge in [0.2, 0.25) is 0 Å². The van der Waals surface area contributed by atoms with Crippen LogP contribution in [0.2, 0.25) is 5.02 Å². The van der Waals surface area contributed by atoms with Crippen molar-refractivity contribution in [3.05, 3.63) is 29.0 Å². The number of nitrogens with zero attached hydrogens (tertiary/aromatic N) is 1. The van der Waals surface area contributed by atoms with E-state index in [-0.39, 0.29) is 11.6 Å². The second-order valence-corrected chi connectivity index (χ2v) is 4.73. The lowest BCUT2D eigenvalue weighted by Crippen LogP contribution is -2.33. The predicted molar refractivity (Wildman–Crippen MR) is 67.7 cm³/mol. The number of hydrogen-bond acceptors (Lipinski definition) is 2. The molecule has 2 rings (SSSR count). The van der Waals surface area contributed by atoms with E-state index in [0.29, 0.717) is 18.7 Å². The fraction of sp³-hybridized carbons (Fsp3) is 0.333. The molecule has 2 amide bonds. The number of carboxylic acid groups (broad SMARTS) is 1. The standard InChI is InChI=1S/C12H12ClFN2O3/c13-9-5-8(14)1-2-10(9)15-12(19)16-4-3-7(6-16)11(17)18/h1-2,5,7H,3-4,6H2,(H,15,19)(H,17,18). The molecule has 0 saturated carbocycles. The van der Waals surface area contributed by atoms with E-state index in [2.05, 4.69) is 5.32 Å². The number of anilines is 1. The molecule has 19 heavy (non-hydrogen) atoms. The second-order valence-electron chi connectivity index (χ2n) is 4.32. The van der Waals surface area contributed by atoms with Gasteiger partial charge in [-0.2, -0.15) is 0 Å². The first-order chi connectivity index (χ1) is 8.97. The Morgan fingerprint density at radius 1 is 1.47 bits per heavy atom. The fourth-order valence-electron chi connectivity index (χ4n) is 1.93. The molecule has 1 fully saturated rings. The summed E-state index contributed by atoms with van der Waals surface area (Å²) in [5.74, 6) is -1.93. The van der Waals surface area contributed by atoms with Crippen LogP contribution in [0.15, 0.2) is 18.2 Å². The number of hydrogen-bond donors (Lipinski definition) is 2. The second kappa shape index (κ2) is 5.44. The molecule has 2 N–H and O–H groups in total. The zero-order valence-corrected chi connectivity index (χ0v) is 10.7. The van der Waals surface area contributed by atoms with Crippen molar-refractivity contribution < 1.29 is 19.1 Å². The Morgan fingerprint density at radius 3 is 2.79 bits per heavy atom. The monoisotopic (exact) mass is 286 g/mol. The molecule has 0 spiro atoms. The van der Waals surface area contributed by atoms with Crippen molar-refractivity contribution >= 4 is 29.3 Å². The van der Waals surface area contributed by atoms with Crippen molar-refractivity contribution in [1.29, 1.82) is 0 Å². The molecule has 1 aromatic rings. The van der Waals surface area contributed by atoms with Gasteiger partial charge in [-0.1, -0.05) is 11.6 Å². The molecule has 1 aliphatic heterocycles. The molecule has 1 aliphatic rings. The lowest BCUT2D eigenvalue weighted by atomic mass is 10.1. The smallest absolute Gasteiger partial charge is 0.321 e. The molecule has 102 valence electrons. The molecule has 7 heteroatoms. The first kappa shape index (κ1) is 13.6. The lowest BCUT2D eigenvalue weighted by Gasteiger charge is -2.17. The molecule has 0 aliphatic carbocycles. The summed E-state index contributed by atoms with van der Waals surface area (Å²) >= 11 is 5.79. The highest BCUT2D eigenvalue weighted by molar-refractivity contribution is 6.33. The van der Waals surface area contributed by atoms with E-state index in [1.807, 2.05) is 0 Å². The third kappa shape index (κ3) is 3.14. The summed E-state index contributed by atoms with van der Waals surface area (Å²) in [6.45, 7) is 0.543. The van der Waals surface area contributed by atoms with Crippen LogP contribution in [-0.2, 0) is 4.79 Å². The fourth-order valence-corrected chi connectivity index (χ4v) is 2.15. The average molecular weight is 287 g/mol. The number of benzene rings is 1. The minimum absolute atomic E-state index is 0.0994. The minimum atomic E-state index is -0.907. The number of aliphatic carboxylic acids is 1. The molecule has 1 atom stereocenters.